The summed E-state index contributed by atoms with van der Waals surface area (Å²) < 4.78 is 11.1. The molecule has 1 aromatic carbocycles. The Hall–Kier alpha value is -3.09. The lowest BCUT2D eigenvalue weighted by Crippen LogP contribution is -2.30. The van der Waals surface area contributed by atoms with Crippen LogP contribution in [0.1, 0.15) is 36.6 Å². The van der Waals surface area contributed by atoms with Crippen molar-refractivity contribution in [2.75, 3.05) is 13.2 Å². The number of amides is 1. The quantitative estimate of drug-likeness (QED) is 0.554. The SMILES string of the molecule is CCCCc1cc(=O)oc2c(C)c(OCC(=O)NCCc3cnc[nH]3)ccc12. The van der Waals surface area contributed by atoms with E-state index < -0.39 is 0 Å². The molecule has 0 saturated carbocycles. The van der Waals surface area contributed by atoms with Gasteiger partial charge in [-0.05, 0) is 37.5 Å². The number of fused-ring (bicyclic) bond motifs is 1. The number of hydrogen-bond donors (Lipinski definition) is 2. The number of hydrogen-bond acceptors (Lipinski definition) is 5. The molecule has 1 amide bonds. The average Bonchev–Trinajstić information content (AvgIpc) is 3.19. The average molecular weight is 383 g/mol. The van der Waals surface area contributed by atoms with Gasteiger partial charge in [-0.2, -0.15) is 0 Å². The molecule has 2 aromatic heterocycles. The van der Waals surface area contributed by atoms with E-state index in [0.29, 0.717) is 24.3 Å². The lowest BCUT2D eigenvalue weighted by atomic mass is 10.0. The molecule has 7 heteroatoms. The molecular formula is C21H25N3O4. The van der Waals surface area contributed by atoms with Gasteiger partial charge in [0.25, 0.3) is 5.91 Å². The minimum absolute atomic E-state index is 0.102. The number of aryl methyl sites for hydroxylation is 2. The second-order valence-electron chi connectivity index (χ2n) is 6.73. The summed E-state index contributed by atoms with van der Waals surface area (Å²) in [6, 6.07) is 5.28. The number of rotatable bonds is 9. The summed E-state index contributed by atoms with van der Waals surface area (Å²) in [6.45, 7) is 4.34. The van der Waals surface area contributed by atoms with Crippen LogP contribution in [-0.4, -0.2) is 29.0 Å². The molecule has 0 atom stereocenters. The minimum Gasteiger partial charge on any atom is -0.483 e. The predicted molar refractivity (Wildman–Crippen MR) is 107 cm³/mol. The van der Waals surface area contributed by atoms with Crippen LogP contribution in [0.25, 0.3) is 11.0 Å². The molecule has 0 spiro atoms. The number of aromatic nitrogens is 2. The van der Waals surface area contributed by atoms with Gasteiger partial charge in [-0.25, -0.2) is 9.78 Å². The van der Waals surface area contributed by atoms with Crippen molar-refractivity contribution >= 4 is 16.9 Å². The van der Waals surface area contributed by atoms with Gasteiger partial charge in [0.2, 0.25) is 0 Å². The lowest BCUT2D eigenvalue weighted by Gasteiger charge is -2.12. The molecule has 148 valence electrons. The first kappa shape index (κ1) is 19.7. The summed E-state index contributed by atoms with van der Waals surface area (Å²) in [4.78, 5) is 30.9. The van der Waals surface area contributed by atoms with Gasteiger partial charge in [-0.1, -0.05) is 13.3 Å². The van der Waals surface area contributed by atoms with Crippen molar-refractivity contribution in [3.05, 3.63) is 58.0 Å². The Balaban J connectivity index is 1.65. The highest BCUT2D eigenvalue weighted by Crippen LogP contribution is 2.29. The van der Waals surface area contributed by atoms with E-state index in [-0.39, 0.29) is 18.1 Å². The number of nitrogens with one attached hydrogen (secondary N) is 2. The van der Waals surface area contributed by atoms with Crippen molar-refractivity contribution in [3.8, 4) is 5.75 Å². The smallest absolute Gasteiger partial charge is 0.336 e. The number of H-pyrrole nitrogens is 1. The van der Waals surface area contributed by atoms with Gasteiger partial charge >= 0.3 is 5.63 Å². The van der Waals surface area contributed by atoms with Crippen LogP contribution in [0.4, 0.5) is 0 Å². The van der Waals surface area contributed by atoms with Crippen molar-refractivity contribution in [2.45, 2.75) is 39.5 Å². The Morgan fingerprint density at radius 1 is 1.32 bits per heavy atom. The number of carbonyl (C=O) groups is 1. The highest BCUT2D eigenvalue weighted by molar-refractivity contribution is 5.85. The van der Waals surface area contributed by atoms with Gasteiger partial charge in [-0.3, -0.25) is 4.79 Å². The maximum Gasteiger partial charge on any atom is 0.336 e. The van der Waals surface area contributed by atoms with Crippen molar-refractivity contribution in [2.24, 2.45) is 0 Å². The molecule has 0 fully saturated rings. The standard InChI is InChI=1S/C21H25N3O4/c1-3-4-5-15-10-20(26)28-21-14(2)18(7-6-17(15)21)27-12-19(25)23-9-8-16-11-22-13-24-16/h6-7,10-11,13H,3-5,8-9,12H2,1-2H3,(H,22,24)(H,23,25). The molecule has 2 heterocycles. The molecule has 0 bridgehead atoms. The first-order valence-corrected chi connectivity index (χ1v) is 9.51. The fraction of sp³-hybridized carbons (Fsp3) is 0.381. The number of imidazole rings is 1. The maximum atomic E-state index is 12.0. The highest BCUT2D eigenvalue weighted by Gasteiger charge is 2.13. The Labute approximate surface area is 163 Å². The third-order valence-corrected chi connectivity index (χ3v) is 4.63. The Morgan fingerprint density at radius 3 is 2.93 bits per heavy atom. The zero-order chi connectivity index (χ0) is 19.9. The molecule has 3 rings (SSSR count). The van der Waals surface area contributed by atoms with Crippen LogP contribution >= 0.6 is 0 Å². The first-order valence-electron chi connectivity index (χ1n) is 9.51. The van der Waals surface area contributed by atoms with Crippen LogP contribution in [0, 0.1) is 6.92 Å². The summed E-state index contributed by atoms with van der Waals surface area (Å²) in [7, 11) is 0. The molecule has 0 saturated heterocycles. The van der Waals surface area contributed by atoms with Crippen LogP contribution in [0.15, 0.2) is 39.9 Å². The third kappa shape index (κ3) is 4.79. The summed E-state index contributed by atoms with van der Waals surface area (Å²) in [5, 5.41) is 3.72. The van der Waals surface area contributed by atoms with Crippen molar-refractivity contribution in [1.82, 2.24) is 15.3 Å². The van der Waals surface area contributed by atoms with E-state index in [1.807, 2.05) is 19.1 Å². The second-order valence-corrected chi connectivity index (χ2v) is 6.73. The van der Waals surface area contributed by atoms with Gasteiger partial charge in [0.15, 0.2) is 6.61 Å². The number of unbranched alkanes of at least 4 members (excludes halogenated alkanes) is 1. The predicted octanol–water partition coefficient (Wildman–Crippen LogP) is 2.90. The van der Waals surface area contributed by atoms with Gasteiger partial charge in [0, 0.05) is 41.9 Å². The van der Waals surface area contributed by atoms with Crippen molar-refractivity contribution in [1.29, 1.82) is 0 Å². The van der Waals surface area contributed by atoms with E-state index in [4.69, 9.17) is 9.15 Å². The summed E-state index contributed by atoms with van der Waals surface area (Å²) in [5.41, 5.74) is 2.82. The normalized spacial score (nSPS) is 10.9. The fourth-order valence-corrected chi connectivity index (χ4v) is 3.09. The number of nitrogens with zero attached hydrogens (tertiary/aromatic N) is 1. The number of ether oxygens (including phenoxy) is 1. The molecule has 0 unspecified atom stereocenters. The zero-order valence-corrected chi connectivity index (χ0v) is 16.2. The Kier molecular flexibility index (Phi) is 6.47. The molecule has 7 nitrogen and oxygen atoms in total. The molecule has 0 radical (unpaired) electrons. The van der Waals surface area contributed by atoms with Gasteiger partial charge in [0.05, 0.1) is 6.33 Å². The van der Waals surface area contributed by atoms with E-state index in [9.17, 15) is 9.59 Å². The Bertz CT molecular complexity index is 993. The Morgan fingerprint density at radius 2 is 2.18 bits per heavy atom. The maximum absolute atomic E-state index is 12.0. The molecular weight excluding hydrogens is 358 g/mol. The van der Waals surface area contributed by atoms with E-state index >= 15 is 0 Å². The first-order chi connectivity index (χ1) is 13.6. The molecule has 3 aromatic rings. The summed E-state index contributed by atoms with van der Waals surface area (Å²) >= 11 is 0. The van der Waals surface area contributed by atoms with Crippen molar-refractivity contribution in [3.63, 3.8) is 0 Å². The molecule has 2 N–H and O–H groups in total. The van der Waals surface area contributed by atoms with Gasteiger partial charge < -0.3 is 19.5 Å². The molecule has 0 aliphatic carbocycles. The van der Waals surface area contributed by atoms with Crippen molar-refractivity contribution < 1.29 is 13.9 Å². The molecule has 28 heavy (non-hydrogen) atoms. The van der Waals surface area contributed by atoms with Gasteiger partial charge in [-0.15, -0.1) is 0 Å². The van der Waals surface area contributed by atoms with Crippen LogP contribution in [0.3, 0.4) is 0 Å². The number of aromatic amines is 1. The largest absolute Gasteiger partial charge is 0.483 e. The fourth-order valence-electron chi connectivity index (χ4n) is 3.09. The van der Waals surface area contributed by atoms with Crippen LogP contribution in [-0.2, 0) is 17.6 Å². The topological polar surface area (TPSA) is 97.2 Å². The molecule has 0 aliphatic rings. The van der Waals surface area contributed by atoms with E-state index in [1.54, 1.807) is 18.6 Å². The van der Waals surface area contributed by atoms with Crippen LogP contribution < -0.4 is 15.7 Å². The summed E-state index contributed by atoms with van der Waals surface area (Å²) in [5.74, 6) is 0.323. The second kappa shape index (κ2) is 9.21. The third-order valence-electron chi connectivity index (χ3n) is 4.63. The summed E-state index contributed by atoms with van der Waals surface area (Å²) in [6.07, 6.45) is 6.90. The van der Waals surface area contributed by atoms with Crippen LogP contribution in [0.2, 0.25) is 0 Å². The minimum atomic E-state index is -0.365. The van der Waals surface area contributed by atoms with E-state index in [0.717, 1.165) is 41.5 Å². The van der Waals surface area contributed by atoms with Gasteiger partial charge in [0.1, 0.15) is 11.3 Å². The monoisotopic (exact) mass is 383 g/mol. The van der Waals surface area contributed by atoms with E-state index in [2.05, 4.69) is 22.2 Å². The number of carbonyl (C=O) groups excluding carboxylic acids is 1. The molecule has 0 aliphatic heterocycles. The van der Waals surface area contributed by atoms with Crippen LogP contribution in [0.5, 0.6) is 5.75 Å². The zero-order valence-electron chi connectivity index (χ0n) is 16.2. The highest BCUT2D eigenvalue weighted by atomic mass is 16.5. The lowest BCUT2D eigenvalue weighted by molar-refractivity contribution is -0.123. The number of benzene rings is 1. The van der Waals surface area contributed by atoms with E-state index in [1.165, 1.54) is 0 Å².